The second-order valence-corrected chi connectivity index (χ2v) is 14.0. The topological polar surface area (TPSA) is 109 Å². The summed E-state index contributed by atoms with van der Waals surface area (Å²) in [6.45, 7) is 6.64. The highest BCUT2D eigenvalue weighted by molar-refractivity contribution is 7.23. The van der Waals surface area contributed by atoms with Gasteiger partial charge in [0.15, 0.2) is 5.82 Å². The Hall–Kier alpha value is -3.59. The van der Waals surface area contributed by atoms with Gasteiger partial charge in [-0.05, 0) is 62.3 Å². The number of halogens is 2. The fourth-order valence-corrected chi connectivity index (χ4v) is 8.97. The van der Waals surface area contributed by atoms with Gasteiger partial charge in [-0.25, -0.2) is 8.78 Å². The minimum Gasteiger partial charge on any atom is -0.463 e. The molecule has 2 unspecified atom stereocenters. The molecule has 1 aliphatic carbocycles. The van der Waals surface area contributed by atoms with Crippen molar-refractivity contribution in [3.63, 3.8) is 0 Å². The molecule has 9 rings (SSSR count). The Morgan fingerprint density at radius 3 is 2.67 bits per heavy atom. The summed E-state index contributed by atoms with van der Waals surface area (Å²) < 4.78 is 44.4. The first-order valence-electron chi connectivity index (χ1n) is 14.9. The number of hydrogen-bond acceptors (Lipinski definition) is 9. The number of nitrogens with zero attached hydrogens (tertiary/aromatic N) is 4. The number of thiophene rings is 1. The summed E-state index contributed by atoms with van der Waals surface area (Å²) in [4.78, 5) is 11.8. The summed E-state index contributed by atoms with van der Waals surface area (Å²) in [5, 5.41) is 14.7. The predicted octanol–water partition coefficient (Wildman–Crippen LogP) is 5.69. The molecule has 3 N–H and O–H groups in total. The fourth-order valence-electron chi connectivity index (χ4n) is 8.03. The molecular weight excluding hydrogens is 570 g/mol. The molecular formula is C32H32F2N6O2S. The third-order valence-corrected chi connectivity index (χ3v) is 10.8. The maximum absolute atomic E-state index is 17.0. The van der Waals surface area contributed by atoms with Crippen LogP contribution in [0, 0.1) is 28.4 Å². The number of nitriles is 1. The van der Waals surface area contributed by atoms with E-state index in [1.807, 2.05) is 13.0 Å². The number of fused-ring (bicyclic) bond motifs is 5. The van der Waals surface area contributed by atoms with E-state index in [0.717, 1.165) is 55.7 Å². The minimum atomic E-state index is -0.541. The average Bonchev–Trinajstić information content (AvgIpc) is 3.71. The second-order valence-electron chi connectivity index (χ2n) is 13.0. The molecule has 0 spiro atoms. The number of nitrogen functional groups attached to an aromatic ring is 1. The molecule has 2 aromatic heterocycles. The van der Waals surface area contributed by atoms with Crippen LogP contribution in [-0.2, 0) is 11.2 Å². The van der Waals surface area contributed by atoms with Crippen molar-refractivity contribution in [2.24, 2.45) is 5.41 Å². The van der Waals surface area contributed by atoms with Crippen molar-refractivity contribution in [2.45, 2.75) is 63.6 Å². The summed E-state index contributed by atoms with van der Waals surface area (Å²) in [5.41, 5.74) is 7.72. The normalized spacial score (nSPS) is 27.6. The van der Waals surface area contributed by atoms with Gasteiger partial charge in [-0.3, -0.25) is 0 Å². The van der Waals surface area contributed by atoms with E-state index in [0.29, 0.717) is 59.4 Å². The van der Waals surface area contributed by atoms with Crippen LogP contribution in [0.2, 0.25) is 0 Å². The smallest absolute Gasteiger partial charge is 0.319 e. The Morgan fingerprint density at radius 2 is 2.00 bits per heavy atom. The van der Waals surface area contributed by atoms with Gasteiger partial charge in [0.05, 0.1) is 29.1 Å². The third kappa shape index (κ3) is 4.10. The fraction of sp³-hybridized carbons (Fsp3) is 0.469. The van der Waals surface area contributed by atoms with Crippen LogP contribution >= 0.6 is 11.3 Å². The van der Waals surface area contributed by atoms with E-state index in [2.05, 4.69) is 28.2 Å². The molecule has 0 amide bonds. The van der Waals surface area contributed by atoms with Crippen molar-refractivity contribution in [1.82, 2.24) is 15.3 Å². The Balaban J connectivity index is 1.31. The lowest BCUT2D eigenvalue weighted by Gasteiger charge is -2.41. The van der Waals surface area contributed by atoms with Crippen LogP contribution in [0.25, 0.3) is 32.1 Å². The molecule has 2 aromatic carbocycles. The summed E-state index contributed by atoms with van der Waals surface area (Å²) >= 11 is 1.00. The van der Waals surface area contributed by atoms with Crippen molar-refractivity contribution in [3.8, 4) is 23.2 Å². The zero-order chi connectivity index (χ0) is 29.7. The van der Waals surface area contributed by atoms with Gasteiger partial charge in [0, 0.05) is 46.9 Å². The number of benzene rings is 2. The van der Waals surface area contributed by atoms with Crippen molar-refractivity contribution in [3.05, 3.63) is 41.0 Å². The number of hydrogen-bond donors (Lipinski definition) is 2. The summed E-state index contributed by atoms with van der Waals surface area (Å²) in [6.07, 6.45) is 4.55. The number of nitrogens with two attached hydrogens (primary N) is 1. The largest absolute Gasteiger partial charge is 0.463 e. The molecule has 2 atom stereocenters. The number of anilines is 2. The van der Waals surface area contributed by atoms with Crippen LogP contribution in [0.5, 0.6) is 6.01 Å². The van der Waals surface area contributed by atoms with Gasteiger partial charge in [-0.1, -0.05) is 13.0 Å². The van der Waals surface area contributed by atoms with E-state index < -0.39 is 11.6 Å². The first kappa shape index (κ1) is 27.0. The molecule has 8 nitrogen and oxygen atoms in total. The Labute approximate surface area is 251 Å². The van der Waals surface area contributed by atoms with Gasteiger partial charge in [0.2, 0.25) is 0 Å². The molecule has 6 heterocycles. The van der Waals surface area contributed by atoms with E-state index in [1.54, 1.807) is 0 Å². The molecule has 5 fully saturated rings. The van der Waals surface area contributed by atoms with Crippen LogP contribution < -0.4 is 20.7 Å². The molecule has 5 aliphatic rings. The summed E-state index contributed by atoms with van der Waals surface area (Å²) in [6, 6.07) is 7.75. The van der Waals surface area contributed by atoms with Crippen molar-refractivity contribution in [2.75, 3.05) is 36.9 Å². The Bertz CT molecular complexity index is 1850. The average molecular weight is 603 g/mol. The standard InChI is InChI=1S/C32H32F2N6O2S/c1-3-16-8-20-26(25(34)23(16)19-6-7-22(33)27-24(19)21(9-35)28(36)43-27)38-30(41-14-32-12-31(2,13-32)42-15-32)39-29(20)40-10-17-4-5-18(11-40)37-17/h6-8,17-18,37H,3-5,10-15,36H2,1-2H3. The van der Waals surface area contributed by atoms with E-state index >= 15 is 4.39 Å². The number of nitrogens with one attached hydrogen (secondary N) is 1. The molecule has 4 aromatic rings. The molecule has 4 aliphatic heterocycles. The van der Waals surface area contributed by atoms with Crippen LogP contribution in [0.15, 0.2) is 18.2 Å². The van der Waals surface area contributed by atoms with Crippen molar-refractivity contribution in [1.29, 1.82) is 5.26 Å². The molecule has 222 valence electrons. The van der Waals surface area contributed by atoms with Crippen LogP contribution in [0.3, 0.4) is 0 Å². The van der Waals surface area contributed by atoms with Crippen molar-refractivity contribution >= 4 is 43.1 Å². The Morgan fingerprint density at radius 1 is 1.23 bits per heavy atom. The number of ether oxygens (including phenoxy) is 2. The summed E-state index contributed by atoms with van der Waals surface area (Å²) in [7, 11) is 0. The molecule has 0 radical (unpaired) electrons. The SMILES string of the molecule is CCc1cc2c(N3CC4CCC(C3)N4)nc(OCC34COC(C)(C3)C4)nc2c(F)c1-c1ccc(F)c2sc(N)c(C#N)c12. The lowest BCUT2D eigenvalue weighted by Crippen LogP contribution is -2.51. The first-order valence-corrected chi connectivity index (χ1v) is 15.7. The van der Waals surface area contributed by atoms with E-state index in [9.17, 15) is 9.65 Å². The molecule has 4 bridgehead atoms. The Kier molecular flexibility index (Phi) is 5.93. The first-order chi connectivity index (χ1) is 20.7. The maximum Gasteiger partial charge on any atom is 0.319 e. The highest BCUT2D eigenvalue weighted by Gasteiger charge is 2.60. The van der Waals surface area contributed by atoms with Gasteiger partial charge in [0.25, 0.3) is 0 Å². The van der Waals surface area contributed by atoms with Crippen LogP contribution in [0.4, 0.5) is 19.6 Å². The number of aromatic nitrogens is 2. The lowest BCUT2D eigenvalue weighted by molar-refractivity contribution is -0.00933. The third-order valence-electron chi connectivity index (χ3n) is 9.80. The quantitative estimate of drug-likeness (QED) is 0.290. The van der Waals surface area contributed by atoms with Gasteiger partial charge in [0.1, 0.15) is 28.2 Å². The number of aryl methyl sites for hydroxylation is 1. The lowest BCUT2D eigenvalue weighted by atomic mass is 9.64. The highest BCUT2D eigenvalue weighted by Crippen LogP contribution is 2.57. The maximum atomic E-state index is 17.0. The van der Waals surface area contributed by atoms with Gasteiger partial charge in [-0.15, -0.1) is 11.3 Å². The summed E-state index contributed by atoms with van der Waals surface area (Å²) in [5.74, 6) is -0.368. The van der Waals surface area contributed by atoms with E-state index in [1.165, 1.54) is 12.1 Å². The monoisotopic (exact) mass is 602 g/mol. The minimum absolute atomic E-state index is 0.0660. The highest BCUT2D eigenvalue weighted by atomic mass is 32.1. The molecule has 11 heteroatoms. The zero-order valence-electron chi connectivity index (χ0n) is 24.1. The molecule has 4 saturated heterocycles. The van der Waals surface area contributed by atoms with E-state index in [-0.39, 0.29) is 37.8 Å². The number of piperazine rings is 1. The molecule has 1 saturated carbocycles. The van der Waals surface area contributed by atoms with Crippen LogP contribution in [0.1, 0.15) is 50.7 Å². The van der Waals surface area contributed by atoms with Gasteiger partial charge in [-0.2, -0.15) is 15.2 Å². The van der Waals surface area contributed by atoms with Crippen LogP contribution in [-0.4, -0.2) is 54.0 Å². The van der Waals surface area contributed by atoms with Gasteiger partial charge < -0.3 is 25.4 Å². The second kappa shape index (κ2) is 9.45. The van der Waals surface area contributed by atoms with Gasteiger partial charge >= 0.3 is 6.01 Å². The zero-order valence-corrected chi connectivity index (χ0v) is 24.9. The molecule has 43 heavy (non-hydrogen) atoms. The number of rotatable bonds is 6. The van der Waals surface area contributed by atoms with Crippen molar-refractivity contribution < 1.29 is 18.3 Å². The van der Waals surface area contributed by atoms with E-state index in [4.69, 9.17) is 20.2 Å². The predicted molar refractivity (Wildman–Crippen MR) is 162 cm³/mol.